The second kappa shape index (κ2) is 3.36. The molecule has 3 fully saturated rings. The largest absolute Gasteiger partial charge is 0.481 e. The van der Waals surface area contributed by atoms with Gasteiger partial charge in [-0.2, -0.15) is 0 Å². The molecule has 2 bridgehead atoms. The van der Waals surface area contributed by atoms with Crippen LogP contribution in [-0.2, 0) is 14.3 Å². The fourth-order valence-corrected chi connectivity index (χ4v) is 2.91. The van der Waals surface area contributed by atoms with Gasteiger partial charge in [0.05, 0.1) is 11.3 Å². The lowest BCUT2D eigenvalue weighted by molar-refractivity contribution is -0.168. The lowest BCUT2D eigenvalue weighted by Crippen LogP contribution is -2.43. The first-order valence-electron chi connectivity index (χ1n) is 5.11. The van der Waals surface area contributed by atoms with Gasteiger partial charge in [-0.05, 0) is 25.2 Å². The monoisotopic (exact) mass is 210 g/mol. The van der Waals surface area contributed by atoms with Gasteiger partial charge in [-0.3, -0.25) is 9.59 Å². The van der Waals surface area contributed by atoms with Crippen LogP contribution in [0.3, 0.4) is 0 Å². The third kappa shape index (κ3) is 1.35. The van der Waals surface area contributed by atoms with Crippen molar-refractivity contribution < 1.29 is 19.4 Å². The van der Waals surface area contributed by atoms with Crippen molar-refractivity contribution in [3.63, 3.8) is 0 Å². The highest BCUT2D eigenvalue weighted by atomic mass is 16.5. The van der Waals surface area contributed by atoms with Crippen LogP contribution in [0.5, 0.6) is 0 Å². The first kappa shape index (κ1) is 10.2. The van der Waals surface area contributed by atoms with Crippen LogP contribution < -0.4 is 0 Å². The van der Waals surface area contributed by atoms with Crippen LogP contribution in [0.15, 0.2) is 12.7 Å². The normalized spacial score (nSPS) is 36.8. The molecule has 0 aromatic heterocycles. The molecule has 0 heterocycles. The number of carboxylic acid groups (broad SMARTS) is 1. The Bertz CT molecular complexity index is 315. The summed E-state index contributed by atoms with van der Waals surface area (Å²) in [6.07, 6.45) is 3.48. The fraction of sp³-hybridized carbons (Fsp3) is 0.636. The van der Waals surface area contributed by atoms with Gasteiger partial charge in [0.25, 0.3) is 0 Å². The fourth-order valence-electron chi connectivity index (χ4n) is 2.91. The van der Waals surface area contributed by atoms with Crippen molar-refractivity contribution in [3.8, 4) is 0 Å². The molecule has 3 aliphatic carbocycles. The molecule has 0 aliphatic heterocycles. The van der Waals surface area contributed by atoms with Crippen molar-refractivity contribution in [2.45, 2.75) is 19.3 Å². The molecule has 15 heavy (non-hydrogen) atoms. The lowest BCUT2D eigenvalue weighted by atomic mass is 9.66. The highest BCUT2D eigenvalue weighted by Gasteiger charge is 2.65. The van der Waals surface area contributed by atoms with E-state index in [2.05, 4.69) is 6.58 Å². The third-order valence-electron chi connectivity index (χ3n) is 3.58. The van der Waals surface area contributed by atoms with Crippen LogP contribution in [-0.4, -0.2) is 23.7 Å². The van der Waals surface area contributed by atoms with Crippen molar-refractivity contribution in [2.75, 3.05) is 6.61 Å². The van der Waals surface area contributed by atoms with Crippen molar-refractivity contribution in [1.82, 2.24) is 0 Å². The molecule has 3 rings (SSSR count). The molecule has 3 aliphatic rings. The zero-order chi connectivity index (χ0) is 11.1. The van der Waals surface area contributed by atoms with Crippen molar-refractivity contribution in [1.29, 1.82) is 0 Å². The second-order valence-electron chi connectivity index (χ2n) is 4.44. The summed E-state index contributed by atoms with van der Waals surface area (Å²) >= 11 is 0. The Morgan fingerprint density at radius 1 is 1.53 bits per heavy atom. The van der Waals surface area contributed by atoms with Gasteiger partial charge < -0.3 is 9.84 Å². The summed E-state index contributed by atoms with van der Waals surface area (Å²) < 4.78 is 4.98. The molecular formula is C11H14O4. The van der Waals surface area contributed by atoms with E-state index < -0.39 is 17.3 Å². The number of rotatable bonds is 4. The number of carbonyl (C=O) groups excluding carboxylic acids is 1. The summed E-state index contributed by atoms with van der Waals surface area (Å²) in [6.45, 7) is 3.62. The predicted molar refractivity (Wildman–Crippen MR) is 52.1 cm³/mol. The summed E-state index contributed by atoms with van der Waals surface area (Å²) in [6, 6.07) is 0. The molecular weight excluding hydrogens is 196 g/mol. The quantitative estimate of drug-likeness (QED) is 0.559. The number of ether oxygens (including phenoxy) is 1. The van der Waals surface area contributed by atoms with Crippen LogP contribution in [0, 0.1) is 17.3 Å². The second-order valence-corrected chi connectivity index (χ2v) is 4.44. The molecule has 1 N–H and O–H groups in total. The summed E-state index contributed by atoms with van der Waals surface area (Å²) in [5.41, 5.74) is -0.723. The van der Waals surface area contributed by atoms with Gasteiger partial charge in [0, 0.05) is 0 Å². The van der Waals surface area contributed by atoms with E-state index in [1.165, 1.54) is 6.08 Å². The van der Waals surface area contributed by atoms with E-state index in [0.717, 1.165) is 0 Å². The highest BCUT2D eigenvalue weighted by molar-refractivity contribution is 5.87. The van der Waals surface area contributed by atoms with Crippen LogP contribution >= 0.6 is 0 Å². The van der Waals surface area contributed by atoms with Gasteiger partial charge in [0.15, 0.2) is 0 Å². The highest BCUT2D eigenvalue weighted by Crippen LogP contribution is 2.62. The number of aliphatic carboxylic acids is 1. The van der Waals surface area contributed by atoms with E-state index >= 15 is 0 Å². The third-order valence-corrected chi connectivity index (χ3v) is 3.58. The Hall–Kier alpha value is -1.32. The Kier molecular flexibility index (Phi) is 2.29. The van der Waals surface area contributed by atoms with Crippen LogP contribution in [0.4, 0.5) is 0 Å². The first-order chi connectivity index (χ1) is 7.10. The van der Waals surface area contributed by atoms with Gasteiger partial charge in [-0.25, -0.2) is 0 Å². The number of esters is 1. The molecule has 0 amide bonds. The Labute approximate surface area is 87.9 Å². The maximum Gasteiger partial charge on any atom is 0.313 e. The summed E-state index contributed by atoms with van der Waals surface area (Å²) in [5.74, 6) is -1.36. The molecule has 0 unspecified atom stereocenters. The Balaban J connectivity index is 2.09. The smallest absolute Gasteiger partial charge is 0.313 e. The maximum absolute atomic E-state index is 11.7. The van der Waals surface area contributed by atoms with Gasteiger partial charge in [0.2, 0.25) is 0 Å². The standard InChI is InChI=1S/C11H14O4/c1-2-3-15-10(14)11-5-7(6-11)4-8(11)9(12)13/h2,7-8H,1,3-6H2,(H,12,13)/t7?,8-,11?/m0/s1. The lowest BCUT2D eigenvalue weighted by Gasteiger charge is -2.37. The molecule has 4 heteroatoms. The van der Waals surface area contributed by atoms with Gasteiger partial charge >= 0.3 is 11.9 Å². The summed E-state index contributed by atoms with van der Waals surface area (Å²) in [7, 11) is 0. The number of hydrogen-bond acceptors (Lipinski definition) is 3. The Morgan fingerprint density at radius 3 is 2.73 bits per heavy atom. The zero-order valence-corrected chi connectivity index (χ0v) is 8.44. The average molecular weight is 210 g/mol. The van der Waals surface area contributed by atoms with Crippen molar-refractivity contribution in [3.05, 3.63) is 12.7 Å². The minimum absolute atomic E-state index is 0.164. The van der Waals surface area contributed by atoms with Crippen LogP contribution in [0.1, 0.15) is 19.3 Å². The number of carboxylic acids is 1. The predicted octanol–water partition coefficient (Wildman–Crippen LogP) is 1.22. The molecule has 82 valence electrons. The topological polar surface area (TPSA) is 63.6 Å². The molecule has 3 saturated carbocycles. The van der Waals surface area contributed by atoms with E-state index in [4.69, 9.17) is 9.84 Å². The van der Waals surface area contributed by atoms with Crippen molar-refractivity contribution >= 4 is 11.9 Å². The molecule has 4 nitrogen and oxygen atoms in total. The summed E-state index contributed by atoms with van der Waals surface area (Å²) in [5, 5.41) is 9.02. The SMILES string of the molecule is C=CCOC(=O)C12CC(C[C@H]1C(=O)O)C2. The zero-order valence-electron chi connectivity index (χ0n) is 8.44. The minimum atomic E-state index is -0.870. The number of hydrogen-bond donors (Lipinski definition) is 1. The van der Waals surface area contributed by atoms with E-state index in [1.807, 2.05) is 0 Å². The van der Waals surface area contributed by atoms with E-state index in [0.29, 0.717) is 25.2 Å². The molecule has 0 aromatic carbocycles. The van der Waals surface area contributed by atoms with Crippen LogP contribution in [0.25, 0.3) is 0 Å². The van der Waals surface area contributed by atoms with Crippen molar-refractivity contribution in [2.24, 2.45) is 17.3 Å². The minimum Gasteiger partial charge on any atom is -0.481 e. The molecule has 0 aromatic rings. The number of carbonyl (C=O) groups is 2. The molecule has 0 radical (unpaired) electrons. The molecule has 1 atom stereocenters. The molecule has 0 saturated heterocycles. The van der Waals surface area contributed by atoms with Gasteiger partial charge in [-0.15, -0.1) is 0 Å². The van der Waals surface area contributed by atoms with Gasteiger partial charge in [0.1, 0.15) is 6.61 Å². The van der Waals surface area contributed by atoms with Crippen LogP contribution in [0.2, 0.25) is 0 Å². The van der Waals surface area contributed by atoms with Gasteiger partial charge in [-0.1, -0.05) is 12.7 Å². The number of fused-ring (bicyclic) bond motifs is 1. The average Bonchev–Trinajstić information content (AvgIpc) is 2.67. The molecule has 0 spiro atoms. The maximum atomic E-state index is 11.7. The van der Waals surface area contributed by atoms with E-state index in [-0.39, 0.29) is 12.6 Å². The first-order valence-corrected chi connectivity index (χ1v) is 5.11. The van der Waals surface area contributed by atoms with E-state index in [9.17, 15) is 9.59 Å². The summed E-state index contributed by atoms with van der Waals surface area (Å²) in [4.78, 5) is 22.7. The Morgan fingerprint density at radius 2 is 2.20 bits per heavy atom. The van der Waals surface area contributed by atoms with E-state index in [1.54, 1.807) is 0 Å².